The van der Waals surface area contributed by atoms with Crippen LogP contribution in [-0.2, 0) is 4.74 Å². The number of aryl methyl sites for hydroxylation is 2. The second kappa shape index (κ2) is 9.21. The minimum absolute atomic E-state index is 0.0679. The molecule has 1 saturated heterocycles. The van der Waals surface area contributed by atoms with Gasteiger partial charge < -0.3 is 14.8 Å². The van der Waals surface area contributed by atoms with E-state index in [1.807, 2.05) is 63.2 Å². The average Bonchev–Trinajstić information content (AvgIpc) is 3.16. The van der Waals surface area contributed by atoms with Gasteiger partial charge in [-0.25, -0.2) is 9.69 Å². The Morgan fingerprint density at radius 2 is 1.94 bits per heavy atom. The fourth-order valence-corrected chi connectivity index (χ4v) is 3.59. The number of cyclic esters (lactones) is 1. The number of para-hydroxylation sites is 1. The van der Waals surface area contributed by atoms with E-state index in [1.165, 1.54) is 4.90 Å². The molecule has 0 spiro atoms. The average molecular weight is 434 g/mol. The molecule has 32 heavy (non-hydrogen) atoms. The first kappa shape index (κ1) is 21.5. The van der Waals surface area contributed by atoms with Crippen molar-refractivity contribution in [1.82, 2.24) is 15.0 Å². The summed E-state index contributed by atoms with van der Waals surface area (Å²) in [5, 5.41) is 3.33. The smallest absolute Gasteiger partial charge is 0.417 e. The second-order valence-electron chi connectivity index (χ2n) is 7.82. The van der Waals surface area contributed by atoms with Crippen LogP contribution in [0.25, 0.3) is 0 Å². The maximum absolute atomic E-state index is 12.2. The van der Waals surface area contributed by atoms with E-state index in [0.29, 0.717) is 24.3 Å². The maximum atomic E-state index is 12.2. The fraction of sp³-hybridized carbons (Fsp3) is 0.333. The summed E-state index contributed by atoms with van der Waals surface area (Å²) in [5.74, 6) is 2.86. The van der Waals surface area contributed by atoms with E-state index in [-0.39, 0.29) is 12.1 Å². The Morgan fingerprint density at radius 3 is 2.66 bits per heavy atom. The summed E-state index contributed by atoms with van der Waals surface area (Å²) in [6.07, 6.45) is 0.331. The quantitative estimate of drug-likeness (QED) is 0.548. The van der Waals surface area contributed by atoms with Crippen LogP contribution in [0.15, 0.2) is 48.5 Å². The number of aromatic nitrogens is 3. The van der Waals surface area contributed by atoms with Crippen LogP contribution in [0.1, 0.15) is 43.3 Å². The number of ether oxygens (including phenoxy) is 2. The van der Waals surface area contributed by atoms with E-state index in [9.17, 15) is 4.79 Å². The number of nitrogens with one attached hydrogen (secondary N) is 1. The van der Waals surface area contributed by atoms with Gasteiger partial charge >= 0.3 is 6.09 Å². The molecule has 1 amide bonds. The molecule has 0 saturated carbocycles. The van der Waals surface area contributed by atoms with Crippen molar-refractivity contribution in [3.63, 3.8) is 0 Å². The van der Waals surface area contributed by atoms with Crippen molar-refractivity contribution in [2.24, 2.45) is 0 Å². The largest absolute Gasteiger partial charge is 0.457 e. The Bertz CT molecular complexity index is 1110. The Kier molecular flexibility index (Phi) is 6.20. The van der Waals surface area contributed by atoms with Crippen LogP contribution < -0.4 is 15.0 Å². The Labute approximate surface area is 187 Å². The molecule has 0 bridgehead atoms. The lowest BCUT2D eigenvalue weighted by Crippen LogP contribution is -2.34. The molecule has 1 unspecified atom stereocenters. The number of nitrogens with zero attached hydrogens (tertiary/aromatic N) is 4. The molecule has 1 aliphatic heterocycles. The maximum Gasteiger partial charge on any atom is 0.417 e. The molecule has 166 valence electrons. The number of benzene rings is 2. The Hall–Kier alpha value is -3.68. The topological polar surface area (TPSA) is 89.5 Å². The molecule has 1 aromatic heterocycles. The van der Waals surface area contributed by atoms with Crippen LogP contribution in [0.5, 0.6) is 11.5 Å². The molecule has 8 nitrogen and oxygen atoms in total. The van der Waals surface area contributed by atoms with Crippen molar-refractivity contribution < 1.29 is 14.3 Å². The van der Waals surface area contributed by atoms with Gasteiger partial charge in [0, 0.05) is 0 Å². The first-order valence-electron chi connectivity index (χ1n) is 10.7. The van der Waals surface area contributed by atoms with Crippen molar-refractivity contribution in [2.45, 2.75) is 46.2 Å². The molecule has 1 N–H and O–H groups in total. The van der Waals surface area contributed by atoms with Crippen molar-refractivity contribution in [3.8, 4) is 11.5 Å². The van der Waals surface area contributed by atoms with Gasteiger partial charge in [0.25, 0.3) is 0 Å². The highest BCUT2D eigenvalue weighted by molar-refractivity contribution is 5.88. The van der Waals surface area contributed by atoms with Gasteiger partial charge in [-0.1, -0.05) is 37.3 Å². The molecular weight excluding hydrogens is 406 g/mol. The van der Waals surface area contributed by atoms with Gasteiger partial charge in [-0.3, -0.25) is 0 Å². The van der Waals surface area contributed by atoms with Gasteiger partial charge in [0.1, 0.15) is 23.9 Å². The summed E-state index contributed by atoms with van der Waals surface area (Å²) in [4.78, 5) is 26.9. The Morgan fingerprint density at radius 1 is 1.16 bits per heavy atom. The van der Waals surface area contributed by atoms with Crippen LogP contribution in [-0.4, -0.2) is 33.7 Å². The van der Waals surface area contributed by atoms with Crippen molar-refractivity contribution in [1.29, 1.82) is 0 Å². The minimum Gasteiger partial charge on any atom is -0.457 e. The third-order valence-corrected chi connectivity index (χ3v) is 5.40. The van der Waals surface area contributed by atoms with Gasteiger partial charge in [-0.05, 0) is 56.5 Å². The predicted molar refractivity (Wildman–Crippen MR) is 122 cm³/mol. The SMILES string of the molecule is CC[C@H]1COC(=O)N1c1nc(C)nc(NC(C)c2ccc(Oc3ccccc3)c(C)c2)n1. The number of hydrogen-bond acceptors (Lipinski definition) is 7. The molecular formula is C24H27N5O3. The standard InChI is InChI=1S/C24H27N5O3/c1-5-19-14-31-24(30)29(19)23-27-17(4)26-22(28-23)25-16(3)18-11-12-21(15(2)13-18)32-20-9-7-6-8-10-20/h6-13,16,19H,5,14H2,1-4H3,(H,25,26,27,28)/t16?,19-/m0/s1. The summed E-state index contributed by atoms with van der Waals surface area (Å²) >= 11 is 0. The van der Waals surface area contributed by atoms with Gasteiger partial charge in [0.2, 0.25) is 11.9 Å². The normalized spacial score (nSPS) is 16.6. The van der Waals surface area contributed by atoms with Crippen LogP contribution >= 0.6 is 0 Å². The fourth-order valence-electron chi connectivity index (χ4n) is 3.59. The monoisotopic (exact) mass is 433 g/mol. The molecule has 8 heteroatoms. The summed E-state index contributed by atoms with van der Waals surface area (Å²) in [5.41, 5.74) is 2.09. The third kappa shape index (κ3) is 4.64. The van der Waals surface area contributed by atoms with E-state index in [4.69, 9.17) is 9.47 Å². The molecule has 4 rings (SSSR count). The number of anilines is 2. The lowest BCUT2D eigenvalue weighted by Gasteiger charge is -2.20. The van der Waals surface area contributed by atoms with Crippen molar-refractivity contribution >= 4 is 18.0 Å². The zero-order chi connectivity index (χ0) is 22.7. The van der Waals surface area contributed by atoms with E-state index in [2.05, 4.69) is 26.3 Å². The van der Waals surface area contributed by atoms with Crippen molar-refractivity contribution in [2.75, 3.05) is 16.8 Å². The minimum atomic E-state index is -0.425. The molecule has 1 aliphatic rings. The predicted octanol–water partition coefficient (Wildman–Crippen LogP) is 5.19. The van der Waals surface area contributed by atoms with Crippen LogP contribution in [0.3, 0.4) is 0 Å². The van der Waals surface area contributed by atoms with Crippen LogP contribution in [0, 0.1) is 13.8 Å². The summed E-state index contributed by atoms with van der Waals surface area (Å²) < 4.78 is 11.2. The Balaban J connectivity index is 1.51. The van der Waals surface area contributed by atoms with E-state index < -0.39 is 6.09 Å². The van der Waals surface area contributed by atoms with Gasteiger partial charge in [-0.2, -0.15) is 15.0 Å². The van der Waals surface area contributed by atoms with E-state index in [1.54, 1.807) is 6.92 Å². The highest BCUT2D eigenvalue weighted by Gasteiger charge is 2.35. The summed E-state index contributed by atoms with van der Waals surface area (Å²) in [7, 11) is 0. The number of rotatable bonds is 7. The van der Waals surface area contributed by atoms with Crippen LogP contribution in [0.2, 0.25) is 0 Å². The highest BCUT2D eigenvalue weighted by Crippen LogP contribution is 2.29. The van der Waals surface area contributed by atoms with E-state index >= 15 is 0 Å². The van der Waals surface area contributed by atoms with Gasteiger partial charge in [-0.15, -0.1) is 0 Å². The first-order chi connectivity index (χ1) is 15.4. The zero-order valence-electron chi connectivity index (χ0n) is 18.7. The molecule has 3 aromatic rings. The summed E-state index contributed by atoms with van der Waals surface area (Å²) in [6, 6.07) is 15.6. The number of hydrogen-bond donors (Lipinski definition) is 1. The second-order valence-corrected chi connectivity index (χ2v) is 7.82. The van der Waals surface area contributed by atoms with Gasteiger partial charge in [0.05, 0.1) is 12.1 Å². The number of carbonyl (C=O) groups is 1. The molecule has 2 aromatic carbocycles. The summed E-state index contributed by atoms with van der Waals surface area (Å²) in [6.45, 7) is 8.18. The lowest BCUT2D eigenvalue weighted by atomic mass is 10.1. The lowest BCUT2D eigenvalue weighted by molar-refractivity contribution is 0.178. The molecule has 0 aliphatic carbocycles. The highest BCUT2D eigenvalue weighted by atomic mass is 16.6. The molecule has 2 heterocycles. The molecule has 1 fully saturated rings. The number of amides is 1. The zero-order valence-corrected chi connectivity index (χ0v) is 18.7. The number of carbonyl (C=O) groups excluding carboxylic acids is 1. The van der Waals surface area contributed by atoms with Gasteiger partial charge in [0.15, 0.2) is 0 Å². The van der Waals surface area contributed by atoms with Crippen LogP contribution in [0.4, 0.5) is 16.7 Å². The third-order valence-electron chi connectivity index (χ3n) is 5.40. The first-order valence-corrected chi connectivity index (χ1v) is 10.7. The molecule has 0 radical (unpaired) electrons. The van der Waals surface area contributed by atoms with Crippen molar-refractivity contribution in [3.05, 3.63) is 65.5 Å². The van der Waals surface area contributed by atoms with E-state index in [0.717, 1.165) is 29.0 Å². The molecule has 2 atom stereocenters.